The first-order valence-electron chi connectivity index (χ1n) is 8.44. The summed E-state index contributed by atoms with van der Waals surface area (Å²) in [7, 11) is 0. The van der Waals surface area contributed by atoms with Crippen LogP contribution in [0.25, 0.3) is 0 Å². The van der Waals surface area contributed by atoms with Gasteiger partial charge in [-0.25, -0.2) is 9.98 Å². The van der Waals surface area contributed by atoms with Gasteiger partial charge < -0.3 is 15.4 Å². The molecular weight excluding hydrogens is 320 g/mol. The first kappa shape index (κ1) is 18.3. The molecule has 2 N–H and O–H groups in total. The molecule has 5 nitrogen and oxygen atoms in total. The number of aromatic nitrogens is 1. The fraction of sp³-hybridized carbons (Fsp3) is 0.444. The van der Waals surface area contributed by atoms with E-state index in [9.17, 15) is 0 Å². The number of hydrogen-bond donors (Lipinski definition) is 2. The Labute approximate surface area is 148 Å². The lowest BCUT2D eigenvalue weighted by atomic mass is 10.2. The van der Waals surface area contributed by atoms with Gasteiger partial charge >= 0.3 is 0 Å². The zero-order valence-corrected chi connectivity index (χ0v) is 15.2. The van der Waals surface area contributed by atoms with E-state index in [2.05, 4.69) is 52.0 Å². The number of pyridine rings is 1. The summed E-state index contributed by atoms with van der Waals surface area (Å²) in [5.41, 5.74) is 1.00. The number of nitrogens with one attached hydrogen (secondary N) is 2. The maximum Gasteiger partial charge on any atom is 0.218 e. The molecule has 2 rings (SSSR count). The Morgan fingerprint density at radius 3 is 2.92 bits per heavy atom. The van der Waals surface area contributed by atoms with E-state index in [4.69, 9.17) is 4.74 Å². The minimum Gasteiger partial charge on any atom is -0.477 e. The molecule has 2 aromatic rings. The van der Waals surface area contributed by atoms with Crippen molar-refractivity contribution in [1.82, 2.24) is 15.6 Å². The lowest BCUT2D eigenvalue weighted by Crippen LogP contribution is -2.36. The second-order valence-electron chi connectivity index (χ2n) is 5.30. The van der Waals surface area contributed by atoms with Crippen LogP contribution in [0.4, 0.5) is 0 Å². The molecule has 0 radical (unpaired) electrons. The van der Waals surface area contributed by atoms with E-state index in [1.165, 1.54) is 4.88 Å². The molecule has 0 amide bonds. The van der Waals surface area contributed by atoms with E-state index < -0.39 is 0 Å². The first-order chi connectivity index (χ1) is 11.8. The Morgan fingerprint density at radius 1 is 1.25 bits per heavy atom. The van der Waals surface area contributed by atoms with E-state index in [0.717, 1.165) is 37.5 Å². The fourth-order valence-corrected chi connectivity index (χ4v) is 2.72. The molecule has 0 atom stereocenters. The normalized spacial score (nSPS) is 11.3. The molecule has 130 valence electrons. The van der Waals surface area contributed by atoms with E-state index in [1.54, 1.807) is 17.5 Å². The zero-order valence-electron chi connectivity index (χ0n) is 14.4. The van der Waals surface area contributed by atoms with Crippen LogP contribution in [-0.2, 0) is 13.1 Å². The molecule has 0 unspecified atom stereocenters. The number of rotatable bonds is 9. The fourth-order valence-electron chi connectivity index (χ4n) is 2.08. The van der Waals surface area contributed by atoms with Crippen LogP contribution in [-0.4, -0.2) is 24.1 Å². The highest BCUT2D eigenvalue weighted by Gasteiger charge is 2.05. The third-order valence-electron chi connectivity index (χ3n) is 3.35. The molecular formula is C18H26N4OS. The largest absolute Gasteiger partial charge is 0.477 e. The Morgan fingerprint density at radius 2 is 2.17 bits per heavy atom. The summed E-state index contributed by atoms with van der Waals surface area (Å²) in [5.74, 6) is 1.48. The molecule has 2 aromatic heterocycles. The summed E-state index contributed by atoms with van der Waals surface area (Å²) < 4.78 is 5.77. The van der Waals surface area contributed by atoms with Crippen LogP contribution in [0, 0.1) is 0 Å². The SMILES string of the molecule is CCCCOc1ncccc1CN=C(NCC)NCc1cccs1. The molecule has 0 aliphatic rings. The average molecular weight is 347 g/mol. The van der Waals surface area contributed by atoms with Gasteiger partial charge in [-0.2, -0.15) is 0 Å². The number of thiophene rings is 1. The van der Waals surface area contributed by atoms with Gasteiger partial charge in [0.15, 0.2) is 5.96 Å². The van der Waals surface area contributed by atoms with E-state index in [0.29, 0.717) is 19.0 Å². The minimum absolute atomic E-state index is 0.537. The summed E-state index contributed by atoms with van der Waals surface area (Å²) in [6, 6.07) is 8.10. The second-order valence-corrected chi connectivity index (χ2v) is 6.33. The molecule has 6 heteroatoms. The molecule has 0 aliphatic heterocycles. The molecule has 0 saturated carbocycles. The van der Waals surface area contributed by atoms with Gasteiger partial charge in [0.05, 0.1) is 19.7 Å². The van der Waals surface area contributed by atoms with Crippen molar-refractivity contribution in [2.75, 3.05) is 13.2 Å². The van der Waals surface area contributed by atoms with Crippen molar-refractivity contribution in [2.24, 2.45) is 4.99 Å². The Balaban J connectivity index is 1.97. The third kappa shape index (κ3) is 6.20. The Bertz CT molecular complexity index is 613. The zero-order chi connectivity index (χ0) is 17.0. The van der Waals surface area contributed by atoms with Crippen molar-refractivity contribution >= 4 is 17.3 Å². The van der Waals surface area contributed by atoms with Crippen LogP contribution in [0.3, 0.4) is 0 Å². The van der Waals surface area contributed by atoms with Crippen LogP contribution < -0.4 is 15.4 Å². The van der Waals surface area contributed by atoms with Gasteiger partial charge in [-0.1, -0.05) is 25.5 Å². The van der Waals surface area contributed by atoms with E-state index in [1.807, 2.05) is 12.1 Å². The van der Waals surface area contributed by atoms with Crippen LogP contribution in [0.2, 0.25) is 0 Å². The number of guanidine groups is 1. The topological polar surface area (TPSA) is 58.5 Å². The lowest BCUT2D eigenvalue weighted by molar-refractivity contribution is 0.294. The van der Waals surface area contributed by atoms with Gasteiger partial charge in [0.2, 0.25) is 5.88 Å². The van der Waals surface area contributed by atoms with Gasteiger partial charge in [0, 0.05) is 23.2 Å². The standard InChI is InChI=1S/C18H26N4OS/c1-3-5-11-23-17-15(8-6-10-20-17)13-21-18(19-4-2)22-14-16-9-7-12-24-16/h6-10,12H,3-5,11,13-14H2,1-2H3,(H2,19,21,22). The van der Waals surface area contributed by atoms with E-state index >= 15 is 0 Å². The molecule has 0 aromatic carbocycles. The summed E-state index contributed by atoms with van der Waals surface area (Å²) in [6.45, 7) is 7.04. The van der Waals surface area contributed by atoms with E-state index in [-0.39, 0.29) is 0 Å². The highest BCUT2D eigenvalue weighted by atomic mass is 32.1. The smallest absolute Gasteiger partial charge is 0.218 e. The van der Waals surface area contributed by atoms with Crippen LogP contribution in [0.1, 0.15) is 37.1 Å². The van der Waals surface area contributed by atoms with Crippen molar-refractivity contribution in [3.05, 3.63) is 46.3 Å². The Hall–Kier alpha value is -2.08. The number of ether oxygens (including phenoxy) is 1. The molecule has 0 fully saturated rings. The van der Waals surface area contributed by atoms with Crippen molar-refractivity contribution < 1.29 is 4.74 Å². The van der Waals surface area contributed by atoms with Crippen molar-refractivity contribution in [1.29, 1.82) is 0 Å². The van der Waals surface area contributed by atoms with Crippen LogP contribution in [0.15, 0.2) is 40.8 Å². The van der Waals surface area contributed by atoms with Gasteiger partial charge in [-0.05, 0) is 30.9 Å². The van der Waals surface area contributed by atoms with Gasteiger partial charge in [-0.15, -0.1) is 11.3 Å². The average Bonchev–Trinajstić information content (AvgIpc) is 3.12. The van der Waals surface area contributed by atoms with Gasteiger partial charge in [-0.3, -0.25) is 0 Å². The summed E-state index contributed by atoms with van der Waals surface area (Å²) in [5, 5.41) is 8.70. The predicted octanol–water partition coefficient (Wildman–Crippen LogP) is 3.58. The highest BCUT2D eigenvalue weighted by Crippen LogP contribution is 2.16. The highest BCUT2D eigenvalue weighted by molar-refractivity contribution is 7.09. The number of aliphatic imine (C=N–C) groups is 1. The number of hydrogen-bond acceptors (Lipinski definition) is 4. The quantitative estimate of drug-likeness (QED) is 0.414. The van der Waals surface area contributed by atoms with Crippen LogP contribution >= 0.6 is 11.3 Å². The lowest BCUT2D eigenvalue weighted by Gasteiger charge is -2.12. The summed E-state index contributed by atoms with van der Waals surface area (Å²) >= 11 is 1.74. The van der Waals surface area contributed by atoms with Crippen LogP contribution in [0.5, 0.6) is 5.88 Å². The van der Waals surface area contributed by atoms with Crippen molar-refractivity contribution in [2.45, 2.75) is 39.8 Å². The minimum atomic E-state index is 0.537. The number of nitrogens with zero attached hydrogens (tertiary/aromatic N) is 2. The number of unbranched alkanes of at least 4 members (excludes halogenated alkanes) is 1. The maximum atomic E-state index is 5.77. The summed E-state index contributed by atoms with van der Waals surface area (Å²) in [4.78, 5) is 10.3. The summed E-state index contributed by atoms with van der Waals surface area (Å²) in [6.07, 6.45) is 3.90. The molecule has 2 heterocycles. The predicted molar refractivity (Wildman–Crippen MR) is 101 cm³/mol. The molecule has 0 bridgehead atoms. The van der Waals surface area contributed by atoms with Crippen molar-refractivity contribution in [3.63, 3.8) is 0 Å². The molecule has 0 aliphatic carbocycles. The van der Waals surface area contributed by atoms with Gasteiger partial charge in [0.1, 0.15) is 0 Å². The molecule has 0 spiro atoms. The second kappa shape index (κ2) is 10.6. The van der Waals surface area contributed by atoms with Gasteiger partial charge in [0.25, 0.3) is 0 Å². The third-order valence-corrected chi connectivity index (χ3v) is 4.22. The monoisotopic (exact) mass is 346 g/mol. The maximum absolute atomic E-state index is 5.77. The first-order valence-corrected chi connectivity index (χ1v) is 9.32. The molecule has 24 heavy (non-hydrogen) atoms. The molecule has 0 saturated heterocycles. The van der Waals surface area contributed by atoms with Crippen molar-refractivity contribution in [3.8, 4) is 5.88 Å². The Kier molecular flexibility index (Phi) is 8.10.